The largest absolute Gasteiger partial charge is 0.317 e. The number of carbonyl (C=O) groups excluding carboxylic acids is 2. The summed E-state index contributed by atoms with van der Waals surface area (Å²) in [7, 11) is 0. The van der Waals surface area contributed by atoms with Gasteiger partial charge in [-0.25, -0.2) is 9.78 Å². The smallest absolute Gasteiger partial charge is 0.198 e. The number of ketones is 1. The molecule has 5 nitrogen and oxygen atoms in total. The van der Waals surface area contributed by atoms with E-state index in [0.717, 1.165) is 6.29 Å². The number of Topliss-reactive ketones (excluding diaryl/α,β-unsaturated/α-hetero) is 1. The molecule has 1 saturated carbocycles. The monoisotopic (exact) mass is 212 g/mol. The van der Waals surface area contributed by atoms with Crippen LogP contribution in [0.25, 0.3) is 0 Å². The lowest BCUT2D eigenvalue weighted by Gasteiger charge is -2.23. The molecule has 0 aromatic heterocycles. The fourth-order valence-corrected chi connectivity index (χ4v) is 3.16. The highest BCUT2D eigenvalue weighted by Gasteiger charge is 2.62. The van der Waals surface area contributed by atoms with E-state index < -0.39 is 6.29 Å². The maximum atomic E-state index is 11.5. The van der Waals surface area contributed by atoms with E-state index in [1.165, 1.54) is 6.92 Å². The average Bonchev–Trinajstić information content (AvgIpc) is 2.87. The van der Waals surface area contributed by atoms with Crippen LogP contribution in [0, 0.1) is 23.7 Å². The highest BCUT2D eigenvalue weighted by molar-refractivity contribution is 5.82. The SMILES string of the molecule is CC(=O)C1C(C=O)C[C@H]2[C@H]3OO[C@H](O3)[C@@H]12. The highest BCUT2D eigenvalue weighted by Crippen LogP contribution is 2.54. The molecule has 2 unspecified atom stereocenters. The maximum absolute atomic E-state index is 11.5. The molecule has 1 aliphatic carbocycles. The normalized spacial score (nSPS) is 51.8. The topological polar surface area (TPSA) is 61.8 Å². The summed E-state index contributed by atoms with van der Waals surface area (Å²) >= 11 is 0. The molecule has 2 bridgehead atoms. The Morgan fingerprint density at radius 2 is 2.07 bits per heavy atom. The van der Waals surface area contributed by atoms with Crippen LogP contribution in [-0.2, 0) is 24.1 Å². The van der Waals surface area contributed by atoms with Crippen LogP contribution in [-0.4, -0.2) is 24.6 Å². The van der Waals surface area contributed by atoms with Crippen LogP contribution < -0.4 is 0 Å². The van der Waals surface area contributed by atoms with Crippen LogP contribution in [0.1, 0.15) is 13.3 Å². The molecule has 3 rings (SSSR count). The summed E-state index contributed by atoms with van der Waals surface area (Å²) in [5.74, 6) is -0.285. The van der Waals surface area contributed by atoms with E-state index in [1.54, 1.807) is 0 Å². The lowest BCUT2D eigenvalue weighted by molar-refractivity contribution is -0.339. The molecule has 2 aliphatic heterocycles. The first kappa shape index (κ1) is 9.45. The maximum Gasteiger partial charge on any atom is 0.198 e. The van der Waals surface area contributed by atoms with Crippen LogP contribution in [0.2, 0.25) is 0 Å². The fourth-order valence-electron chi connectivity index (χ4n) is 3.16. The van der Waals surface area contributed by atoms with Gasteiger partial charge in [0, 0.05) is 23.7 Å². The minimum Gasteiger partial charge on any atom is -0.317 e. The number of carbonyl (C=O) groups is 2. The molecule has 0 radical (unpaired) electrons. The Bertz CT molecular complexity index is 315. The highest BCUT2D eigenvalue weighted by atomic mass is 17.3. The molecule has 0 spiro atoms. The Labute approximate surface area is 86.6 Å². The Hall–Kier alpha value is -0.780. The van der Waals surface area contributed by atoms with Crippen molar-refractivity contribution in [2.75, 3.05) is 0 Å². The molecule has 3 fully saturated rings. The van der Waals surface area contributed by atoms with Crippen LogP contribution in [0.3, 0.4) is 0 Å². The van der Waals surface area contributed by atoms with Gasteiger partial charge in [0.15, 0.2) is 12.6 Å². The number of hydrogen-bond donors (Lipinski definition) is 0. The first-order valence-electron chi connectivity index (χ1n) is 5.15. The van der Waals surface area contributed by atoms with Crippen molar-refractivity contribution in [3.8, 4) is 0 Å². The Morgan fingerprint density at radius 1 is 1.33 bits per heavy atom. The average molecular weight is 212 g/mol. The van der Waals surface area contributed by atoms with Crippen molar-refractivity contribution in [3.63, 3.8) is 0 Å². The van der Waals surface area contributed by atoms with E-state index in [9.17, 15) is 9.59 Å². The molecule has 5 heteroatoms. The minimum absolute atomic E-state index is 0.00329. The minimum atomic E-state index is -0.459. The molecule has 6 atom stereocenters. The number of hydrogen-bond acceptors (Lipinski definition) is 5. The van der Waals surface area contributed by atoms with E-state index in [1.807, 2.05) is 0 Å². The van der Waals surface area contributed by atoms with E-state index >= 15 is 0 Å². The summed E-state index contributed by atoms with van der Waals surface area (Å²) in [5.41, 5.74) is 0. The van der Waals surface area contributed by atoms with Gasteiger partial charge in [-0.05, 0) is 13.3 Å². The third-order valence-electron chi connectivity index (χ3n) is 3.74. The van der Waals surface area contributed by atoms with E-state index in [0.29, 0.717) is 6.42 Å². The van der Waals surface area contributed by atoms with Crippen molar-refractivity contribution >= 4 is 12.1 Å². The number of fused-ring (bicyclic) bond motifs is 5. The molecule has 0 amide bonds. The molecule has 0 aromatic rings. The first-order valence-corrected chi connectivity index (χ1v) is 5.15. The van der Waals surface area contributed by atoms with Crippen LogP contribution >= 0.6 is 0 Å². The van der Waals surface area contributed by atoms with Gasteiger partial charge in [0.25, 0.3) is 0 Å². The zero-order valence-electron chi connectivity index (χ0n) is 8.29. The Balaban J connectivity index is 1.92. The Kier molecular flexibility index (Phi) is 1.95. The second-order valence-corrected chi connectivity index (χ2v) is 4.48. The van der Waals surface area contributed by atoms with Crippen LogP contribution in [0.15, 0.2) is 0 Å². The van der Waals surface area contributed by atoms with Gasteiger partial charge in [-0.2, -0.15) is 0 Å². The predicted molar refractivity (Wildman–Crippen MR) is 46.2 cm³/mol. The zero-order chi connectivity index (χ0) is 10.6. The van der Waals surface area contributed by atoms with Gasteiger partial charge in [-0.1, -0.05) is 0 Å². The zero-order valence-corrected chi connectivity index (χ0v) is 8.29. The standard InChI is InChI=1S/C10H12O5/c1-4(12)7-5(3-11)2-6-8(7)10-13-9(6)14-15-10/h3,5-10H,2H2,1H3/t5?,6-,7?,8-,9-,10+/m1/s1. The second-order valence-electron chi connectivity index (χ2n) is 4.48. The van der Waals surface area contributed by atoms with Gasteiger partial charge in [0.2, 0.25) is 0 Å². The van der Waals surface area contributed by atoms with Gasteiger partial charge in [-0.15, -0.1) is 0 Å². The van der Waals surface area contributed by atoms with Crippen molar-refractivity contribution in [2.24, 2.45) is 23.7 Å². The Morgan fingerprint density at radius 3 is 2.73 bits per heavy atom. The van der Waals surface area contributed by atoms with Crippen molar-refractivity contribution in [1.29, 1.82) is 0 Å². The van der Waals surface area contributed by atoms with Crippen molar-refractivity contribution in [1.82, 2.24) is 0 Å². The molecule has 82 valence electrons. The van der Waals surface area contributed by atoms with Crippen molar-refractivity contribution < 1.29 is 24.1 Å². The lowest BCUT2D eigenvalue weighted by atomic mass is 9.85. The third kappa shape index (κ3) is 1.14. The second kappa shape index (κ2) is 3.10. The fraction of sp³-hybridized carbons (Fsp3) is 0.800. The van der Waals surface area contributed by atoms with Gasteiger partial charge in [-0.3, -0.25) is 4.79 Å². The molecule has 0 aromatic carbocycles. The summed E-state index contributed by atoms with van der Waals surface area (Å²) in [4.78, 5) is 32.3. The van der Waals surface area contributed by atoms with E-state index in [-0.39, 0.29) is 35.7 Å². The molecule has 2 heterocycles. The molecule has 15 heavy (non-hydrogen) atoms. The first-order chi connectivity index (χ1) is 7.22. The molecular weight excluding hydrogens is 200 g/mol. The molecule has 2 saturated heterocycles. The summed E-state index contributed by atoms with van der Waals surface area (Å²) in [6.07, 6.45) is 0.706. The summed E-state index contributed by atoms with van der Waals surface area (Å²) in [5, 5.41) is 0. The molecule has 0 N–H and O–H groups in total. The molecular formula is C10H12O5. The van der Waals surface area contributed by atoms with Gasteiger partial charge < -0.3 is 9.53 Å². The summed E-state index contributed by atoms with van der Waals surface area (Å²) in [6.45, 7) is 1.52. The van der Waals surface area contributed by atoms with Gasteiger partial charge in [0.1, 0.15) is 12.1 Å². The van der Waals surface area contributed by atoms with Crippen LogP contribution in [0.4, 0.5) is 0 Å². The number of rotatable bonds is 2. The van der Waals surface area contributed by atoms with Crippen molar-refractivity contribution in [3.05, 3.63) is 0 Å². The van der Waals surface area contributed by atoms with E-state index in [4.69, 9.17) is 14.5 Å². The lowest BCUT2D eigenvalue weighted by Crippen LogP contribution is -2.33. The van der Waals surface area contributed by atoms with Gasteiger partial charge in [0.05, 0.1) is 0 Å². The van der Waals surface area contributed by atoms with Crippen LogP contribution in [0.5, 0.6) is 0 Å². The molecule has 3 aliphatic rings. The summed E-state index contributed by atoms with van der Waals surface area (Å²) in [6, 6.07) is 0. The van der Waals surface area contributed by atoms with Gasteiger partial charge >= 0.3 is 0 Å². The summed E-state index contributed by atoms with van der Waals surface area (Å²) < 4.78 is 5.40. The van der Waals surface area contributed by atoms with Crippen molar-refractivity contribution in [2.45, 2.75) is 25.9 Å². The number of aldehydes is 1. The quantitative estimate of drug-likeness (QED) is 0.486. The van der Waals surface area contributed by atoms with E-state index in [2.05, 4.69) is 0 Å². The number of ether oxygens (including phenoxy) is 1. The predicted octanol–water partition coefficient (Wildman–Crippen LogP) is 0.287. The third-order valence-corrected chi connectivity index (χ3v) is 3.74.